The van der Waals surface area contributed by atoms with Crippen LogP contribution in [0.5, 0.6) is 0 Å². The van der Waals surface area contributed by atoms with Crippen LogP contribution in [0.4, 0.5) is 23.4 Å². The van der Waals surface area contributed by atoms with Crippen LogP contribution in [0.2, 0.25) is 5.02 Å². The van der Waals surface area contributed by atoms with Gasteiger partial charge in [0.1, 0.15) is 23.0 Å². The lowest BCUT2D eigenvalue weighted by molar-refractivity contribution is 0.144. The summed E-state index contributed by atoms with van der Waals surface area (Å²) in [5, 5.41) is 11.8. The minimum absolute atomic E-state index is 0.0635. The van der Waals surface area contributed by atoms with Gasteiger partial charge in [0.2, 0.25) is 0 Å². The molecule has 14 heteroatoms. The van der Waals surface area contributed by atoms with E-state index < -0.39 is 23.3 Å². The summed E-state index contributed by atoms with van der Waals surface area (Å²) in [6.07, 6.45) is 12.3. The van der Waals surface area contributed by atoms with E-state index in [1.54, 1.807) is 36.1 Å². The zero-order valence-electron chi connectivity index (χ0n) is 45.6. The molecule has 3 saturated heterocycles. The lowest BCUT2D eigenvalue weighted by Crippen LogP contribution is -2.50. The van der Waals surface area contributed by atoms with Gasteiger partial charge in [0, 0.05) is 105 Å². The lowest BCUT2D eigenvalue weighted by Gasteiger charge is -2.39. The average molecular weight is 1060 g/mol. The Balaban J connectivity index is 0.000000203. The van der Waals surface area contributed by atoms with Crippen molar-refractivity contribution in [1.29, 1.82) is 0 Å². The summed E-state index contributed by atoms with van der Waals surface area (Å²) in [4.78, 5) is 9.03. The van der Waals surface area contributed by atoms with Gasteiger partial charge in [-0.15, -0.1) is 0 Å². The first kappa shape index (κ1) is 56.6. The van der Waals surface area contributed by atoms with Crippen LogP contribution in [0.15, 0.2) is 99.0 Å². The maximum Gasteiger partial charge on any atom is 0.158 e. The Morgan fingerprint density at radius 1 is 0.908 bits per heavy atom. The van der Waals surface area contributed by atoms with Gasteiger partial charge in [-0.1, -0.05) is 101 Å². The first-order chi connectivity index (χ1) is 36.5. The molecule has 3 aliphatic heterocycles. The van der Waals surface area contributed by atoms with E-state index in [0.29, 0.717) is 71.2 Å². The van der Waals surface area contributed by atoms with Gasteiger partial charge >= 0.3 is 0 Å². The summed E-state index contributed by atoms with van der Waals surface area (Å²) in [5.74, 6) is -0.783. The third kappa shape index (κ3) is 11.9. The number of fused-ring (bicyclic) bond motifs is 2. The molecule has 4 N–H and O–H groups in total. The van der Waals surface area contributed by atoms with E-state index in [1.807, 2.05) is 31.1 Å². The van der Waals surface area contributed by atoms with Gasteiger partial charge in [0.15, 0.2) is 11.6 Å². The summed E-state index contributed by atoms with van der Waals surface area (Å²) in [6, 6.07) is 17.4. The third-order valence-corrected chi connectivity index (χ3v) is 17.4. The topological polar surface area (TPSA) is 80.9 Å². The predicted octanol–water partition coefficient (Wildman–Crippen LogP) is 12.4. The third-order valence-electron chi connectivity index (χ3n) is 17.0. The van der Waals surface area contributed by atoms with E-state index in [9.17, 15) is 0 Å². The molecule has 3 atom stereocenters. The van der Waals surface area contributed by atoms with Crippen LogP contribution in [-0.4, -0.2) is 104 Å². The summed E-state index contributed by atoms with van der Waals surface area (Å²) in [7, 11) is 5.77. The second-order valence-electron chi connectivity index (χ2n) is 22.0. The number of rotatable bonds is 18. The fourth-order valence-corrected chi connectivity index (χ4v) is 13.0. The molecule has 0 bridgehead atoms. The van der Waals surface area contributed by atoms with Crippen LogP contribution >= 0.6 is 11.6 Å². The Kier molecular flexibility index (Phi) is 18.5. The normalized spacial score (nSPS) is 20.5. The van der Waals surface area contributed by atoms with Gasteiger partial charge < -0.3 is 36.0 Å². The van der Waals surface area contributed by atoms with Gasteiger partial charge in [-0.25, -0.2) is 17.6 Å². The molecule has 5 aromatic rings. The Bertz CT molecular complexity index is 2890. The smallest absolute Gasteiger partial charge is 0.158 e. The largest absolute Gasteiger partial charge is 0.399 e. The van der Waals surface area contributed by atoms with E-state index in [4.69, 9.17) is 17.3 Å². The van der Waals surface area contributed by atoms with E-state index >= 15 is 17.6 Å². The molecule has 1 aliphatic carbocycles. The fourth-order valence-electron chi connectivity index (χ4n) is 12.8. The van der Waals surface area contributed by atoms with Crippen LogP contribution in [0.25, 0.3) is 27.7 Å². The highest BCUT2D eigenvalue weighted by atomic mass is 35.5. The van der Waals surface area contributed by atoms with E-state index in [2.05, 4.69) is 95.0 Å². The van der Waals surface area contributed by atoms with Crippen LogP contribution in [0, 0.1) is 29.2 Å². The maximum atomic E-state index is 16.3. The summed E-state index contributed by atoms with van der Waals surface area (Å²) >= 11 is 6.78. The molecule has 9 nitrogen and oxygen atoms in total. The monoisotopic (exact) mass is 1060 g/mol. The highest BCUT2D eigenvalue weighted by Crippen LogP contribution is 2.55. The molecule has 76 heavy (non-hydrogen) atoms. The number of likely N-dealkylation sites (tertiary alicyclic amines) is 3. The number of aryl methyl sites for hydroxylation is 2. The molecule has 0 saturated carbocycles. The van der Waals surface area contributed by atoms with Gasteiger partial charge in [0.25, 0.3) is 0 Å². The van der Waals surface area contributed by atoms with Gasteiger partial charge in [-0.05, 0) is 143 Å². The molecular formula is C62H80ClF4N9. The van der Waals surface area contributed by atoms with Crippen LogP contribution in [-0.2, 0) is 25.3 Å². The van der Waals surface area contributed by atoms with Crippen LogP contribution < -0.4 is 21.3 Å². The fraction of sp³-hybridized carbons (Fsp3) is 0.468. The molecule has 0 amide bonds. The molecule has 0 radical (unpaired) electrons. The van der Waals surface area contributed by atoms with Gasteiger partial charge in [-0.3, -0.25) is 4.68 Å². The van der Waals surface area contributed by atoms with E-state index in [0.717, 1.165) is 101 Å². The zero-order chi connectivity index (χ0) is 54.4. The zero-order valence-corrected chi connectivity index (χ0v) is 46.3. The number of hydrogen-bond acceptors (Lipinski definition) is 8. The molecule has 4 aliphatic rings. The standard InChI is InChI=1S/C34H40ClF2N3.C28H40F2N6/c1-5-10-23-14-15-27(22(3)38)30(33(23)37)31-29-21(2)34(25-11-7-6-8-12-25,18-24(29)17-28(36)32(31)35)20-39-26-13-9-16-40(4)19-26;1-6-31-20(3)8-13-33(4)28-23-18-24(29)25(26(30)27(23)34(5)32-28)22-11-16-36(17-12-22)19-21-9-14-35(7-2)15-10-21/h6-8,11-12,14-15,17,21,26,39H,3,5,9-10,13,16,18-20,38H2,1-2,4H3;6-7,18,21-22,31H,1-3,8-17,19H2,4-5H3/t21-,26?,34+;/m0./s1. The number of nitrogens with one attached hydrogen (secondary N) is 2. The summed E-state index contributed by atoms with van der Waals surface area (Å²) < 4.78 is 64.7. The van der Waals surface area contributed by atoms with Gasteiger partial charge in [-0.2, -0.15) is 5.10 Å². The van der Waals surface area contributed by atoms with Crippen molar-refractivity contribution in [1.82, 2.24) is 35.1 Å². The first-order valence-corrected chi connectivity index (χ1v) is 27.8. The molecule has 9 rings (SSSR count). The first-order valence-electron chi connectivity index (χ1n) is 27.4. The van der Waals surface area contributed by atoms with Crippen LogP contribution in [0.3, 0.4) is 0 Å². The minimum Gasteiger partial charge on any atom is -0.399 e. The Hall–Kier alpha value is -5.60. The SMILES string of the molecule is C=C(N)c1ccc(CCC)c(F)c1-c1c(Cl)c(F)cc2c1[C@H](C)[C@@](CNC1CCCN(C)C1)(c1ccccc1)C2.C=CNC(=C)CCN(C)c1nn(C)c2c(F)c(C3CCN(CC4CCN(C=C)CC4)CC3)c(F)cc12. The summed E-state index contributed by atoms with van der Waals surface area (Å²) in [5.41, 5.74) is 12.1. The van der Waals surface area contributed by atoms with Crippen molar-refractivity contribution in [2.24, 2.45) is 18.7 Å². The number of anilines is 1. The van der Waals surface area contributed by atoms with Crippen molar-refractivity contribution in [3.8, 4) is 11.1 Å². The predicted molar refractivity (Wildman–Crippen MR) is 307 cm³/mol. The molecule has 408 valence electrons. The molecule has 1 unspecified atom stereocenters. The Morgan fingerprint density at radius 2 is 1.63 bits per heavy atom. The molecule has 4 aromatic carbocycles. The molecule has 4 heterocycles. The van der Waals surface area contributed by atoms with Crippen molar-refractivity contribution in [3.05, 3.63) is 161 Å². The van der Waals surface area contributed by atoms with Crippen molar-refractivity contribution in [2.45, 2.75) is 101 Å². The van der Waals surface area contributed by atoms with Crippen molar-refractivity contribution in [3.63, 3.8) is 0 Å². The average Bonchev–Trinajstić information content (AvgIpc) is 3.89. The van der Waals surface area contributed by atoms with Crippen molar-refractivity contribution in [2.75, 3.05) is 77.9 Å². The Labute approximate surface area is 454 Å². The number of aromatic nitrogens is 2. The number of benzene rings is 4. The van der Waals surface area contributed by atoms with Crippen LogP contribution in [0.1, 0.15) is 110 Å². The number of piperidine rings is 3. The minimum atomic E-state index is -0.540. The lowest BCUT2D eigenvalue weighted by atomic mass is 9.70. The maximum absolute atomic E-state index is 16.3. The quantitative estimate of drug-likeness (QED) is 0.0749. The second kappa shape index (κ2) is 24.8. The number of nitrogens with two attached hydrogens (primary N) is 1. The number of likely N-dealkylation sites (N-methyl/N-ethyl adjacent to an activating group) is 1. The Morgan fingerprint density at radius 3 is 2.29 bits per heavy atom. The van der Waals surface area contributed by atoms with E-state index in [1.165, 1.54) is 24.5 Å². The van der Waals surface area contributed by atoms with E-state index in [-0.39, 0.29) is 39.1 Å². The highest BCUT2D eigenvalue weighted by Gasteiger charge is 2.48. The molecule has 3 fully saturated rings. The highest BCUT2D eigenvalue weighted by molar-refractivity contribution is 6.34. The molecule has 1 aromatic heterocycles. The van der Waals surface area contributed by atoms with Crippen molar-refractivity contribution < 1.29 is 17.6 Å². The second-order valence-corrected chi connectivity index (χ2v) is 22.4. The number of hydrogen-bond donors (Lipinski definition) is 3. The number of halogens is 5. The molecular weight excluding hydrogens is 982 g/mol. The number of nitrogens with zero attached hydrogens (tertiary/aromatic N) is 6. The summed E-state index contributed by atoms with van der Waals surface area (Å²) in [6.45, 7) is 28.0. The molecule has 0 spiro atoms. The van der Waals surface area contributed by atoms with Gasteiger partial charge in [0.05, 0.1) is 10.4 Å². The van der Waals surface area contributed by atoms with Crippen molar-refractivity contribution >= 4 is 34.0 Å².